The number of ether oxygens (including phenoxy) is 3. The van der Waals surface area contributed by atoms with Gasteiger partial charge in [-0.1, -0.05) is 29.5 Å². The summed E-state index contributed by atoms with van der Waals surface area (Å²) < 4.78 is 18.4. The van der Waals surface area contributed by atoms with Gasteiger partial charge < -0.3 is 19.3 Å². The molecule has 0 aliphatic carbocycles. The Bertz CT molecular complexity index is 1480. The van der Waals surface area contributed by atoms with Crippen LogP contribution in [-0.4, -0.2) is 36.0 Å². The third kappa shape index (κ3) is 4.72. The van der Waals surface area contributed by atoms with Gasteiger partial charge in [-0.05, 0) is 62.2 Å². The number of aromatic nitrogens is 1. The molecule has 35 heavy (non-hydrogen) atoms. The van der Waals surface area contributed by atoms with Gasteiger partial charge in [0.25, 0.3) is 5.56 Å². The molecule has 8 nitrogen and oxygen atoms in total. The number of methoxy groups -OCH3 is 1. The third-order valence-electron chi connectivity index (χ3n) is 5.49. The molecule has 4 rings (SSSR count). The van der Waals surface area contributed by atoms with E-state index >= 15 is 0 Å². The van der Waals surface area contributed by atoms with Crippen LogP contribution in [0.15, 0.2) is 63.5 Å². The van der Waals surface area contributed by atoms with Gasteiger partial charge in [0.1, 0.15) is 5.75 Å². The molecule has 9 heteroatoms. The van der Waals surface area contributed by atoms with Crippen molar-refractivity contribution < 1.29 is 24.1 Å². The van der Waals surface area contributed by atoms with Crippen LogP contribution >= 0.6 is 11.3 Å². The summed E-state index contributed by atoms with van der Waals surface area (Å²) in [7, 11) is 1.55. The molecule has 0 fully saturated rings. The molecule has 1 N–H and O–H groups in total. The van der Waals surface area contributed by atoms with Crippen molar-refractivity contribution in [3.8, 4) is 17.2 Å². The minimum atomic E-state index is -0.762. The number of hydrogen-bond acceptors (Lipinski definition) is 8. The SMILES string of the molecule is CCOC(=O)C1=C(C)N=c2sc(=Cc3cccc(O)c3)c(=O)n2[C@H]1c1ccc(OC)c(OCC)c1. The van der Waals surface area contributed by atoms with Gasteiger partial charge >= 0.3 is 5.97 Å². The number of thiazole rings is 1. The molecular formula is C26H26N2O6S. The van der Waals surface area contributed by atoms with E-state index in [1.54, 1.807) is 69.5 Å². The fraction of sp³-hybridized carbons (Fsp3) is 0.269. The lowest BCUT2D eigenvalue weighted by Crippen LogP contribution is -2.40. The quantitative estimate of drug-likeness (QED) is 0.507. The number of carbonyl (C=O) groups excluding carboxylic acids is 1. The Morgan fingerprint density at radius 1 is 1.17 bits per heavy atom. The summed E-state index contributed by atoms with van der Waals surface area (Å²) in [4.78, 5) is 31.7. The Morgan fingerprint density at radius 3 is 2.66 bits per heavy atom. The summed E-state index contributed by atoms with van der Waals surface area (Å²) in [6.07, 6.45) is 1.70. The fourth-order valence-corrected chi connectivity index (χ4v) is 5.05. The van der Waals surface area contributed by atoms with Crippen LogP contribution in [0.1, 0.15) is 37.9 Å². The topological polar surface area (TPSA) is 99.4 Å². The monoisotopic (exact) mass is 494 g/mol. The summed E-state index contributed by atoms with van der Waals surface area (Å²) >= 11 is 1.22. The average Bonchev–Trinajstić information content (AvgIpc) is 3.12. The molecule has 3 aromatic rings. The Kier molecular flexibility index (Phi) is 7.07. The minimum Gasteiger partial charge on any atom is -0.508 e. The van der Waals surface area contributed by atoms with Crippen molar-refractivity contribution >= 4 is 23.4 Å². The summed E-state index contributed by atoms with van der Waals surface area (Å²) in [6.45, 7) is 5.94. The molecule has 1 aliphatic rings. The van der Waals surface area contributed by atoms with E-state index in [-0.39, 0.29) is 23.5 Å². The molecule has 0 amide bonds. The number of rotatable bonds is 7. The lowest BCUT2D eigenvalue weighted by Gasteiger charge is -2.25. The number of nitrogens with zero attached hydrogens (tertiary/aromatic N) is 2. The molecule has 0 unspecified atom stereocenters. The molecule has 182 valence electrons. The van der Waals surface area contributed by atoms with E-state index in [4.69, 9.17) is 14.2 Å². The predicted octanol–water partition coefficient (Wildman–Crippen LogP) is 2.91. The molecule has 0 spiro atoms. The number of carbonyl (C=O) groups is 1. The Balaban J connectivity index is 1.97. The molecule has 0 saturated heterocycles. The predicted molar refractivity (Wildman–Crippen MR) is 133 cm³/mol. The van der Waals surface area contributed by atoms with Crippen molar-refractivity contribution in [3.63, 3.8) is 0 Å². The van der Waals surface area contributed by atoms with Crippen LogP contribution in [0, 0.1) is 0 Å². The molecule has 1 atom stereocenters. The van der Waals surface area contributed by atoms with Gasteiger partial charge in [0.2, 0.25) is 0 Å². The van der Waals surface area contributed by atoms with Crippen LogP contribution < -0.4 is 24.4 Å². The summed E-state index contributed by atoms with van der Waals surface area (Å²) in [5, 5.41) is 9.81. The first-order chi connectivity index (χ1) is 16.9. The molecule has 2 heterocycles. The number of fused-ring (bicyclic) bond motifs is 1. The molecule has 0 radical (unpaired) electrons. The van der Waals surface area contributed by atoms with Gasteiger partial charge in [-0.15, -0.1) is 0 Å². The number of phenolic OH excluding ortho intramolecular Hbond substituents is 1. The van der Waals surface area contributed by atoms with Gasteiger partial charge in [-0.3, -0.25) is 9.36 Å². The van der Waals surface area contributed by atoms with Gasteiger partial charge in [-0.2, -0.15) is 0 Å². The van der Waals surface area contributed by atoms with Crippen molar-refractivity contribution in [2.45, 2.75) is 26.8 Å². The second-order valence-electron chi connectivity index (χ2n) is 7.74. The van der Waals surface area contributed by atoms with Crippen molar-refractivity contribution in [2.75, 3.05) is 20.3 Å². The van der Waals surface area contributed by atoms with Crippen molar-refractivity contribution in [2.24, 2.45) is 4.99 Å². The van der Waals surface area contributed by atoms with E-state index in [1.807, 2.05) is 6.92 Å². The lowest BCUT2D eigenvalue weighted by molar-refractivity contribution is -0.139. The van der Waals surface area contributed by atoms with E-state index in [0.29, 0.717) is 44.3 Å². The van der Waals surface area contributed by atoms with Crippen LogP contribution in [0.5, 0.6) is 17.2 Å². The standard InChI is InChI=1S/C26H26N2O6S/c1-5-33-20-14-17(10-11-19(20)32-4)23-22(25(31)34-6-2)15(3)27-26-28(23)24(30)21(35-26)13-16-8-7-9-18(29)12-16/h7-14,23,29H,5-6H2,1-4H3/t23-/m0/s1. The Morgan fingerprint density at radius 2 is 1.97 bits per heavy atom. The highest BCUT2D eigenvalue weighted by Crippen LogP contribution is 2.36. The average molecular weight is 495 g/mol. The maximum atomic E-state index is 13.6. The van der Waals surface area contributed by atoms with Crippen LogP contribution in [-0.2, 0) is 9.53 Å². The van der Waals surface area contributed by atoms with Crippen molar-refractivity contribution in [1.29, 1.82) is 0 Å². The summed E-state index contributed by atoms with van der Waals surface area (Å²) in [6, 6.07) is 11.2. The van der Waals surface area contributed by atoms with Crippen LogP contribution in [0.25, 0.3) is 6.08 Å². The molecule has 0 bridgehead atoms. The first kappa shape index (κ1) is 24.3. The highest BCUT2D eigenvalue weighted by Gasteiger charge is 2.33. The second kappa shape index (κ2) is 10.2. The summed E-state index contributed by atoms with van der Waals surface area (Å²) in [5.74, 6) is 0.624. The Labute approximate surface area is 206 Å². The fourth-order valence-electron chi connectivity index (χ4n) is 4.00. The summed E-state index contributed by atoms with van der Waals surface area (Å²) in [5.41, 5.74) is 1.81. The molecule has 2 aromatic carbocycles. The van der Waals surface area contributed by atoms with Crippen LogP contribution in [0.4, 0.5) is 0 Å². The molecule has 0 saturated carbocycles. The number of phenols is 1. The highest BCUT2D eigenvalue weighted by atomic mass is 32.1. The number of benzene rings is 2. The Hall–Kier alpha value is -3.85. The third-order valence-corrected chi connectivity index (χ3v) is 6.47. The lowest BCUT2D eigenvalue weighted by atomic mass is 9.95. The zero-order chi connectivity index (χ0) is 25.1. The zero-order valence-electron chi connectivity index (χ0n) is 19.9. The smallest absolute Gasteiger partial charge is 0.338 e. The zero-order valence-corrected chi connectivity index (χ0v) is 20.7. The molecule has 1 aliphatic heterocycles. The largest absolute Gasteiger partial charge is 0.508 e. The number of allylic oxidation sites excluding steroid dienone is 1. The van der Waals surface area contributed by atoms with Crippen LogP contribution in [0.3, 0.4) is 0 Å². The van der Waals surface area contributed by atoms with Crippen molar-refractivity contribution in [1.82, 2.24) is 4.57 Å². The number of esters is 1. The maximum absolute atomic E-state index is 13.6. The van der Waals surface area contributed by atoms with Gasteiger partial charge in [-0.25, -0.2) is 9.79 Å². The molecular weight excluding hydrogens is 468 g/mol. The minimum absolute atomic E-state index is 0.103. The van der Waals surface area contributed by atoms with Gasteiger partial charge in [0, 0.05) is 0 Å². The van der Waals surface area contributed by atoms with E-state index in [2.05, 4.69) is 4.99 Å². The van der Waals surface area contributed by atoms with E-state index in [1.165, 1.54) is 15.9 Å². The van der Waals surface area contributed by atoms with Crippen LogP contribution in [0.2, 0.25) is 0 Å². The van der Waals surface area contributed by atoms with E-state index in [0.717, 1.165) is 0 Å². The first-order valence-corrected chi connectivity index (χ1v) is 12.0. The van der Waals surface area contributed by atoms with Crippen molar-refractivity contribution in [3.05, 3.63) is 84.5 Å². The first-order valence-electron chi connectivity index (χ1n) is 11.2. The second-order valence-corrected chi connectivity index (χ2v) is 8.75. The molecule has 1 aromatic heterocycles. The highest BCUT2D eigenvalue weighted by molar-refractivity contribution is 7.07. The van der Waals surface area contributed by atoms with Gasteiger partial charge in [0.15, 0.2) is 16.3 Å². The normalized spacial score (nSPS) is 15.4. The van der Waals surface area contributed by atoms with Gasteiger partial charge in [0.05, 0.1) is 42.2 Å². The number of hydrogen-bond donors (Lipinski definition) is 1. The number of aromatic hydroxyl groups is 1. The maximum Gasteiger partial charge on any atom is 0.338 e. The van der Waals surface area contributed by atoms with E-state index in [9.17, 15) is 14.7 Å². The van der Waals surface area contributed by atoms with E-state index < -0.39 is 12.0 Å².